The van der Waals surface area contributed by atoms with E-state index in [0.717, 1.165) is 89.2 Å². The zero-order chi connectivity index (χ0) is 33.9. The molecule has 4 aliphatic carbocycles. The van der Waals surface area contributed by atoms with Gasteiger partial charge < -0.3 is 29.3 Å². The molecule has 0 spiro atoms. The van der Waals surface area contributed by atoms with Crippen molar-refractivity contribution in [2.45, 2.75) is 52.6 Å². The van der Waals surface area contributed by atoms with Crippen LogP contribution in [0.1, 0.15) is 46.5 Å². The first-order valence-corrected chi connectivity index (χ1v) is 18.8. The summed E-state index contributed by atoms with van der Waals surface area (Å²) in [7, 11) is 0. The van der Waals surface area contributed by atoms with Crippen LogP contribution in [0, 0.1) is 40.4 Å². The summed E-state index contributed by atoms with van der Waals surface area (Å²) in [5.74, 6) is 4.18. The summed E-state index contributed by atoms with van der Waals surface area (Å²) in [6, 6.07) is 2.13. The lowest BCUT2D eigenvalue weighted by atomic mass is 9.46. The Morgan fingerprint density at radius 1 is 0.939 bits per heavy atom. The lowest BCUT2D eigenvalue weighted by molar-refractivity contribution is -0.141. The number of Topliss-reactive ketones (excluding diaryl/α,β-unsaturated/α-hetero) is 1. The van der Waals surface area contributed by atoms with E-state index >= 15 is 0 Å². The van der Waals surface area contributed by atoms with E-state index in [-0.39, 0.29) is 28.4 Å². The lowest BCUT2D eigenvalue weighted by Crippen LogP contribution is -2.57. The highest BCUT2D eigenvalue weighted by Gasteiger charge is 2.64. The van der Waals surface area contributed by atoms with Gasteiger partial charge in [-0.15, -0.1) is 0 Å². The summed E-state index contributed by atoms with van der Waals surface area (Å²) in [5.41, 5.74) is 0.689. The fourth-order valence-electron chi connectivity index (χ4n) is 11.3. The number of allylic oxidation sites excluding steroid dienone is 4. The van der Waals surface area contributed by atoms with Crippen LogP contribution in [-0.2, 0) is 19.1 Å². The molecule has 11 heteroatoms. The molecule has 8 rings (SSSR count). The quantitative estimate of drug-likeness (QED) is 0.481. The Labute approximate surface area is 290 Å². The zero-order valence-electron chi connectivity index (χ0n) is 29.6. The molecule has 3 aliphatic heterocycles. The molecule has 4 heterocycles. The van der Waals surface area contributed by atoms with Gasteiger partial charge in [-0.25, -0.2) is 0 Å². The molecule has 1 N–H and O–H groups in total. The van der Waals surface area contributed by atoms with Gasteiger partial charge in [0.2, 0.25) is 5.95 Å². The maximum Gasteiger partial charge on any atom is 0.229 e. The van der Waals surface area contributed by atoms with E-state index in [1.807, 2.05) is 6.08 Å². The Balaban J connectivity index is 0.944. The van der Waals surface area contributed by atoms with Crippen molar-refractivity contribution in [1.82, 2.24) is 14.9 Å². The molecule has 3 saturated heterocycles. The molecule has 266 valence electrons. The zero-order valence-corrected chi connectivity index (χ0v) is 29.6. The van der Waals surface area contributed by atoms with E-state index in [0.29, 0.717) is 62.9 Å². The molecule has 0 bridgehead atoms. The Morgan fingerprint density at radius 3 is 2.24 bits per heavy atom. The molecule has 1 aromatic rings. The number of aromatic nitrogens is 2. The number of nitrogens with zero attached hydrogens (tertiary/aromatic N) is 6. The van der Waals surface area contributed by atoms with Crippen LogP contribution in [-0.4, -0.2) is 123 Å². The molecular weight excluding hydrogens is 620 g/mol. The monoisotopic (exact) mass is 674 g/mol. The summed E-state index contributed by atoms with van der Waals surface area (Å²) in [4.78, 5) is 45.8. The van der Waals surface area contributed by atoms with E-state index in [1.165, 1.54) is 5.57 Å². The standard InChI is InChI=1S/C38H54N6O5/c1-25-20-29-28-5-4-26-21-27(45)6-7-37(26,2)35(28)30(46)23-38(29,3)34(25)31(47)24-41-8-10-42(11-9-41)32-22-33(43-12-16-48-17-13-43)40-36(39-32)44-14-18-49-19-15-44/h6-7,21-22,25,28-30,34-35,46H,4-5,8-20,23-24H2,1-3H3/t25-,28+,29+,30?,34-,35-,37+,38+/m1/s1. The molecule has 3 saturated carbocycles. The summed E-state index contributed by atoms with van der Waals surface area (Å²) in [5, 5.41) is 11.8. The summed E-state index contributed by atoms with van der Waals surface area (Å²) in [6.45, 7) is 16.5. The van der Waals surface area contributed by atoms with Crippen LogP contribution in [0.4, 0.5) is 17.6 Å². The predicted molar refractivity (Wildman–Crippen MR) is 188 cm³/mol. The molecule has 6 fully saturated rings. The minimum Gasteiger partial charge on any atom is -0.393 e. The third-order valence-corrected chi connectivity index (χ3v) is 13.6. The fraction of sp³-hybridized carbons (Fsp3) is 0.737. The third-order valence-electron chi connectivity index (χ3n) is 13.6. The molecule has 1 unspecified atom stereocenters. The number of fused-ring (bicyclic) bond motifs is 5. The second kappa shape index (κ2) is 13.0. The van der Waals surface area contributed by atoms with Crippen molar-refractivity contribution in [3.8, 4) is 0 Å². The Hall–Kier alpha value is -2.86. The number of aliphatic hydroxyl groups is 1. The highest BCUT2D eigenvalue weighted by Crippen LogP contribution is 2.67. The summed E-state index contributed by atoms with van der Waals surface area (Å²) >= 11 is 0. The van der Waals surface area contributed by atoms with Crippen molar-refractivity contribution >= 4 is 29.2 Å². The first-order chi connectivity index (χ1) is 23.6. The van der Waals surface area contributed by atoms with Crippen LogP contribution < -0.4 is 14.7 Å². The molecule has 0 radical (unpaired) electrons. The number of ketones is 2. The molecule has 11 nitrogen and oxygen atoms in total. The molecule has 0 aromatic carbocycles. The maximum absolute atomic E-state index is 14.3. The average molecular weight is 675 g/mol. The van der Waals surface area contributed by atoms with E-state index in [9.17, 15) is 14.7 Å². The fourth-order valence-corrected chi connectivity index (χ4v) is 11.3. The van der Waals surface area contributed by atoms with Gasteiger partial charge in [0.1, 0.15) is 11.6 Å². The van der Waals surface area contributed by atoms with Gasteiger partial charge in [0, 0.05) is 75.7 Å². The van der Waals surface area contributed by atoms with Crippen molar-refractivity contribution in [2.24, 2.45) is 40.4 Å². The highest BCUT2D eigenvalue weighted by molar-refractivity contribution is 6.01. The summed E-state index contributed by atoms with van der Waals surface area (Å²) in [6.07, 6.45) is 8.69. The number of piperazine rings is 1. The SMILES string of the molecule is C[C@@H]1C[C@H]2[C@@H]3CCC4=CC(=O)C=C[C@]4(C)[C@H]3C(O)C[C@]2(C)[C@H]1C(=O)CN1CCN(c2cc(N3CCOCC3)nc(N3CCOCC3)n2)CC1. The predicted octanol–water partition coefficient (Wildman–Crippen LogP) is 2.98. The van der Waals surface area contributed by atoms with Gasteiger partial charge in [-0.1, -0.05) is 32.4 Å². The van der Waals surface area contributed by atoms with Crippen LogP contribution >= 0.6 is 0 Å². The van der Waals surface area contributed by atoms with Crippen LogP contribution in [0.2, 0.25) is 0 Å². The van der Waals surface area contributed by atoms with Gasteiger partial charge in [0.15, 0.2) is 11.6 Å². The molecule has 49 heavy (non-hydrogen) atoms. The molecule has 8 atom stereocenters. The van der Waals surface area contributed by atoms with E-state index in [4.69, 9.17) is 19.4 Å². The minimum atomic E-state index is -0.487. The Bertz CT molecular complexity index is 1460. The van der Waals surface area contributed by atoms with E-state index in [1.54, 1.807) is 6.08 Å². The van der Waals surface area contributed by atoms with Gasteiger partial charge in [-0.2, -0.15) is 9.97 Å². The van der Waals surface area contributed by atoms with Crippen molar-refractivity contribution in [3.05, 3.63) is 29.9 Å². The minimum absolute atomic E-state index is 0.0478. The van der Waals surface area contributed by atoms with E-state index < -0.39 is 6.10 Å². The number of carbonyl (C=O) groups excluding carboxylic acids is 2. The normalized spacial score (nSPS) is 38.2. The number of hydrogen-bond donors (Lipinski definition) is 1. The van der Waals surface area contributed by atoms with Crippen LogP contribution in [0.25, 0.3) is 0 Å². The van der Waals surface area contributed by atoms with Crippen molar-refractivity contribution in [3.63, 3.8) is 0 Å². The van der Waals surface area contributed by atoms with Gasteiger partial charge >= 0.3 is 0 Å². The third kappa shape index (κ3) is 5.92. The van der Waals surface area contributed by atoms with Crippen LogP contribution in [0.5, 0.6) is 0 Å². The topological polar surface area (TPSA) is 112 Å². The van der Waals surface area contributed by atoms with Gasteiger partial charge in [0.05, 0.1) is 39.1 Å². The second-order valence-electron chi connectivity index (χ2n) is 16.3. The number of rotatable bonds is 6. The number of morpholine rings is 2. The second-order valence-corrected chi connectivity index (χ2v) is 16.3. The molecule has 0 amide bonds. The summed E-state index contributed by atoms with van der Waals surface area (Å²) < 4.78 is 11.2. The maximum atomic E-state index is 14.3. The number of anilines is 3. The van der Waals surface area contributed by atoms with Crippen molar-refractivity contribution in [2.75, 3.05) is 100 Å². The van der Waals surface area contributed by atoms with Crippen LogP contribution in [0.3, 0.4) is 0 Å². The lowest BCUT2D eigenvalue weighted by Gasteiger charge is -2.58. The Morgan fingerprint density at radius 2 is 1.57 bits per heavy atom. The van der Waals surface area contributed by atoms with Gasteiger partial charge in [-0.05, 0) is 61.0 Å². The average Bonchev–Trinajstić information content (AvgIpc) is 3.38. The molecular formula is C38H54N6O5. The van der Waals surface area contributed by atoms with E-state index in [2.05, 4.69) is 52.5 Å². The highest BCUT2D eigenvalue weighted by atomic mass is 16.5. The largest absolute Gasteiger partial charge is 0.393 e. The van der Waals surface area contributed by atoms with Gasteiger partial charge in [0.25, 0.3) is 0 Å². The number of ether oxygens (including phenoxy) is 2. The van der Waals surface area contributed by atoms with Crippen molar-refractivity contribution in [1.29, 1.82) is 0 Å². The van der Waals surface area contributed by atoms with Crippen LogP contribution in [0.15, 0.2) is 29.9 Å². The number of carbonyl (C=O) groups is 2. The number of aliphatic hydroxyl groups excluding tert-OH is 1. The smallest absolute Gasteiger partial charge is 0.229 e. The first kappa shape index (κ1) is 33.3. The molecule has 1 aromatic heterocycles. The van der Waals surface area contributed by atoms with Crippen molar-refractivity contribution < 1.29 is 24.2 Å². The molecule has 7 aliphatic rings. The van der Waals surface area contributed by atoms with Gasteiger partial charge in [-0.3, -0.25) is 14.5 Å². The Kier molecular flexibility index (Phi) is 8.86. The first-order valence-electron chi connectivity index (χ1n) is 18.8. The number of hydrogen-bond acceptors (Lipinski definition) is 11.